The maximum Gasteiger partial charge on any atom is 0.325 e. The molecule has 0 aliphatic carbocycles. The molecule has 0 spiro atoms. The van der Waals surface area contributed by atoms with E-state index in [9.17, 15) is 25.0 Å². The smallest absolute Gasteiger partial charge is 0.325 e. The van der Waals surface area contributed by atoms with E-state index < -0.39 is 28.0 Å². The fraction of sp³-hybridized carbons (Fsp3) is 0.150. The lowest BCUT2D eigenvalue weighted by Crippen LogP contribution is -2.41. The van der Waals surface area contributed by atoms with Gasteiger partial charge in [-0.1, -0.05) is 23.9 Å². The summed E-state index contributed by atoms with van der Waals surface area (Å²) in [7, 11) is 1.51. The van der Waals surface area contributed by atoms with E-state index in [0.29, 0.717) is 17.0 Å². The van der Waals surface area contributed by atoms with Crippen LogP contribution in [-0.4, -0.2) is 29.2 Å². The number of methoxy groups -OCH3 is 1. The summed E-state index contributed by atoms with van der Waals surface area (Å²) in [6, 6.07) is 13.3. The number of nitro groups is 1. The number of nitrogens with zero attached hydrogens (tertiary/aromatic N) is 2. The van der Waals surface area contributed by atoms with E-state index >= 15 is 0 Å². The largest absolute Gasteiger partial charge is 0.497 e. The fourth-order valence-corrected chi connectivity index (χ4v) is 4.26. The number of urea groups is 1. The number of rotatable bonds is 5. The number of anilines is 1. The highest BCUT2D eigenvalue weighted by Gasteiger charge is 2.41. The molecule has 2 aromatic carbocycles. The van der Waals surface area contributed by atoms with Crippen LogP contribution in [-0.2, 0) is 4.79 Å². The van der Waals surface area contributed by atoms with Crippen LogP contribution in [0.25, 0.3) is 0 Å². The number of hydrogen-bond donors (Lipinski definition) is 3. The first-order chi connectivity index (χ1) is 14.8. The Kier molecular flexibility index (Phi) is 6.42. The van der Waals surface area contributed by atoms with Gasteiger partial charge in [0.15, 0.2) is 0 Å². The second kappa shape index (κ2) is 9.19. The number of benzene rings is 2. The molecule has 0 bridgehead atoms. The van der Waals surface area contributed by atoms with Crippen molar-refractivity contribution in [2.75, 3.05) is 12.4 Å². The molecule has 3 amide bonds. The predicted octanol–water partition coefficient (Wildman–Crippen LogP) is 2.84. The van der Waals surface area contributed by atoms with E-state index in [1.165, 1.54) is 25.3 Å². The molecule has 0 fully saturated rings. The molecule has 0 radical (unpaired) electrons. The van der Waals surface area contributed by atoms with Crippen LogP contribution in [0.4, 0.5) is 16.2 Å². The van der Waals surface area contributed by atoms with Crippen molar-refractivity contribution in [2.24, 2.45) is 5.73 Å². The van der Waals surface area contributed by atoms with Crippen LogP contribution in [0, 0.1) is 21.4 Å². The van der Waals surface area contributed by atoms with Crippen LogP contribution < -0.4 is 21.1 Å². The summed E-state index contributed by atoms with van der Waals surface area (Å²) in [5.74, 6) is -0.904. The van der Waals surface area contributed by atoms with Crippen LogP contribution >= 0.6 is 11.8 Å². The van der Waals surface area contributed by atoms with Crippen molar-refractivity contribution in [3.8, 4) is 11.8 Å². The minimum atomic E-state index is -0.946. The highest BCUT2D eigenvalue weighted by molar-refractivity contribution is 8.04. The van der Waals surface area contributed by atoms with Gasteiger partial charge in [-0.2, -0.15) is 5.26 Å². The highest BCUT2D eigenvalue weighted by atomic mass is 32.2. The van der Waals surface area contributed by atoms with Crippen molar-refractivity contribution in [1.29, 1.82) is 5.26 Å². The van der Waals surface area contributed by atoms with E-state index in [4.69, 9.17) is 10.5 Å². The molecule has 11 heteroatoms. The lowest BCUT2D eigenvalue weighted by molar-refractivity contribution is -0.384. The summed E-state index contributed by atoms with van der Waals surface area (Å²) < 4.78 is 5.04. The zero-order valence-electron chi connectivity index (χ0n) is 16.2. The van der Waals surface area contributed by atoms with Gasteiger partial charge in [0.2, 0.25) is 5.91 Å². The molecule has 31 heavy (non-hydrogen) atoms. The lowest BCUT2D eigenvalue weighted by atomic mass is 9.88. The summed E-state index contributed by atoms with van der Waals surface area (Å²) in [5.41, 5.74) is 6.69. The van der Waals surface area contributed by atoms with E-state index in [0.717, 1.165) is 11.8 Å². The quantitative estimate of drug-likeness (QED) is 0.473. The number of allylic oxidation sites excluding steroid dienone is 1. The van der Waals surface area contributed by atoms with E-state index in [-0.39, 0.29) is 16.3 Å². The lowest BCUT2D eigenvalue weighted by Gasteiger charge is -2.19. The maximum atomic E-state index is 12.8. The molecule has 0 aromatic heterocycles. The van der Waals surface area contributed by atoms with E-state index in [1.807, 2.05) is 6.07 Å². The molecular weight excluding hydrogens is 422 g/mol. The van der Waals surface area contributed by atoms with Gasteiger partial charge in [-0.15, -0.1) is 0 Å². The number of carbonyl (C=O) groups excluding carboxylic acids is 2. The molecule has 4 N–H and O–H groups in total. The van der Waals surface area contributed by atoms with Gasteiger partial charge in [-0.3, -0.25) is 20.2 Å². The SMILES string of the molecule is COc1ccc(NC(=O)NC(=O)C2SC(N)=C(C#N)C2c2cccc([N+](=O)[O-])c2)cc1. The van der Waals surface area contributed by atoms with Gasteiger partial charge in [0.1, 0.15) is 11.0 Å². The molecule has 3 rings (SSSR count). The Morgan fingerprint density at radius 2 is 1.97 bits per heavy atom. The summed E-state index contributed by atoms with van der Waals surface area (Å²) in [6.45, 7) is 0. The van der Waals surface area contributed by atoms with Crippen LogP contribution in [0.1, 0.15) is 11.5 Å². The number of nitriles is 1. The predicted molar refractivity (Wildman–Crippen MR) is 114 cm³/mol. The maximum absolute atomic E-state index is 12.8. The van der Waals surface area contributed by atoms with E-state index in [1.54, 1.807) is 30.3 Å². The van der Waals surface area contributed by atoms with Crippen molar-refractivity contribution >= 4 is 35.1 Å². The number of thioether (sulfide) groups is 1. The topological polar surface area (TPSA) is 160 Å². The first kappa shape index (κ1) is 21.7. The number of amides is 3. The number of non-ortho nitro benzene ring substituents is 1. The van der Waals surface area contributed by atoms with Gasteiger partial charge in [0.25, 0.3) is 5.69 Å². The Hall–Kier alpha value is -4.04. The molecular formula is C20H17N5O5S. The van der Waals surface area contributed by atoms with Crippen molar-refractivity contribution in [3.05, 3.63) is 74.8 Å². The number of nitrogens with two attached hydrogens (primary N) is 1. The van der Waals surface area contributed by atoms with Gasteiger partial charge in [-0.05, 0) is 29.8 Å². The summed E-state index contributed by atoms with van der Waals surface area (Å²) in [6.07, 6.45) is 0. The minimum absolute atomic E-state index is 0.126. The molecule has 1 heterocycles. The fourth-order valence-electron chi connectivity index (χ4n) is 3.10. The summed E-state index contributed by atoms with van der Waals surface area (Å²) in [4.78, 5) is 35.6. The first-order valence-electron chi connectivity index (χ1n) is 8.90. The van der Waals surface area contributed by atoms with Gasteiger partial charge >= 0.3 is 6.03 Å². The molecule has 1 aliphatic heterocycles. The standard InChI is InChI=1S/C20H17N5O5S/c1-30-14-7-5-12(6-8-14)23-20(27)24-19(26)17-16(15(10-21)18(22)31-17)11-3-2-4-13(9-11)25(28)29/h2-9,16-17H,22H2,1H3,(H2,23,24,26,27). The van der Waals surface area contributed by atoms with Crippen LogP contribution in [0.2, 0.25) is 0 Å². The Morgan fingerprint density at radius 3 is 2.58 bits per heavy atom. The molecule has 2 unspecified atom stereocenters. The van der Waals surface area contributed by atoms with Crippen molar-refractivity contribution in [3.63, 3.8) is 0 Å². The third-order valence-corrected chi connectivity index (χ3v) is 5.75. The average Bonchev–Trinajstić information content (AvgIpc) is 3.10. The summed E-state index contributed by atoms with van der Waals surface area (Å²) >= 11 is 0.933. The van der Waals surface area contributed by atoms with Crippen LogP contribution in [0.15, 0.2) is 59.1 Å². The van der Waals surface area contributed by atoms with Crippen molar-refractivity contribution in [1.82, 2.24) is 5.32 Å². The zero-order chi connectivity index (χ0) is 22.5. The second-order valence-corrected chi connectivity index (χ2v) is 7.61. The van der Waals surface area contributed by atoms with Crippen molar-refractivity contribution < 1.29 is 19.2 Å². The molecule has 1 aliphatic rings. The van der Waals surface area contributed by atoms with E-state index in [2.05, 4.69) is 10.6 Å². The Balaban J connectivity index is 1.78. The number of ether oxygens (including phenoxy) is 1. The van der Waals surface area contributed by atoms with Gasteiger partial charge in [0.05, 0.1) is 28.7 Å². The second-order valence-electron chi connectivity index (χ2n) is 6.43. The number of hydrogen-bond acceptors (Lipinski definition) is 8. The molecule has 10 nitrogen and oxygen atoms in total. The Labute approximate surface area is 181 Å². The minimum Gasteiger partial charge on any atom is -0.497 e. The first-order valence-corrected chi connectivity index (χ1v) is 9.78. The van der Waals surface area contributed by atoms with Crippen molar-refractivity contribution in [2.45, 2.75) is 11.2 Å². The number of imide groups is 1. The zero-order valence-corrected chi connectivity index (χ0v) is 17.0. The average molecular weight is 439 g/mol. The highest BCUT2D eigenvalue weighted by Crippen LogP contribution is 2.46. The van der Waals surface area contributed by atoms with Crippen LogP contribution in [0.5, 0.6) is 5.75 Å². The van der Waals surface area contributed by atoms with Gasteiger partial charge in [-0.25, -0.2) is 4.79 Å². The van der Waals surface area contributed by atoms with Gasteiger partial charge < -0.3 is 15.8 Å². The number of nitro benzene ring substituents is 1. The molecule has 2 aromatic rings. The molecule has 158 valence electrons. The molecule has 0 saturated heterocycles. The number of carbonyl (C=O) groups is 2. The molecule has 0 saturated carbocycles. The number of nitrogens with one attached hydrogen (secondary N) is 2. The summed E-state index contributed by atoms with van der Waals surface area (Å²) in [5, 5.41) is 24.6. The monoisotopic (exact) mass is 439 g/mol. The Morgan fingerprint density at radius 1 is 1.26 bits per heavy atom. The van der Waals surface area contributed by atoms with Crippen LogP contribution in [0.3, 0.4) is 0 Å². The Bertz CT molecular complexity index is 1110. The third kappa shape index (κ3) is 4.76. The molecule has 2 atom stereocenters. The normalized spacial score (nSPS) is 17.5. The van der Waals surface area contributed by atoms with Gasteiger partial charge in [0, 0.05) is 23.7 Å². The third-order valence-electron chi connectivity index (χ3n) is 4.54.